The topological polar surface area (TPSA) is 66.5 Å². The van der Waals surface area contributed by atoms with E-state index in [9.17, 15) is 5.11 Å². The number of fused-ring (bicyclic) bond motifs is 1. The molecule has 0 aliphatic heterocycles. The predicted molar refractivity (Wildman–Crippen MR) is 95.8 cm³/mol. The van der Waals surface area contributed by atoms with Gasteiger partial charge < -0.3 is 10.0 Å². The van der Waals surface area contributed by atoms with E-state index in [4.69, 9.17) is 23.2 Å². The van der Waals surface area contributed by atoms with Crippen LogP contribution in [0.5, 0.6) is 0 Å². The fourth-order valence-corrected chi connectivity index (χ4v) is 3.03. The van der Waals surface area contributed by atoms with Crippen LogP contribution < -0.4 is 4.90 Å². The number of rotatable bonds is 4. The van der Waals surface area contributed by atoms with Gasteiger partial charge in [-0.1, -0.05) is 23.2 Å². The van der Waals surface area contributed by atoms with Crippen LogP contribution in [0.2, 0.25) is 10.0 Å². The highest BCUT2D eigenvalue weighted by atomic mass is 35.5. The molecule has 3 aromatic rings. The molecular formula is C16H17Cl2N5O. The molecule has 6 nitrogen and oxygen atoms in total. The van der Waals surface area contributed by atoms with E-state index in [2.05, 4.69) is 15.3 Å². The number of hydrogen-bond acceptors (Lipinski definition) is 5. The minimum atomic E-state index is -0.831. The third-order valence-electron chi connectivity index (χ3n) is 3.38. The Balaban J connectivity index is 2.06. The van der Waals surface area contributed by atoms with Gasteiger partial charge in [-0.15, -0.1) is 15.3 Å². The Morgan fingerprint density at radius 1 is 1.12 bits per heavy atom. The second kappa shape index (κ2) is 6.20. The summed E-state index contributed by atoms with van der Waals surface area (Å²) in [4.78, 5) is 1.87. The molecule has 0 saturated heterocycles. The van der Waals surface area contributed by atoms with Crippen LogP contribution in [-0.2, 0) is 0 Å². The summed E-state index contributed by atoms with van der Waals surface area (Å²) in [6.07, 6.45) is 0. The van der Waals surface area contributed by atoms with Gasteiger partial charge in [0.1, 0.15) is 5.82 Å². The van der Waals surface area contributed by atoms with Crippen LogP contribution in [0.3, 0.4) is 0 Å². The Morgan fingerprint density at radius 2 is 1.79 bits per heavy atom. The monoisotopic (exact) mass is 365 g/mol. The van der Waals surface area contributed by atoms with E-state index in [-0.39, 0.29) is 0 Å². The number of hydrogen-bond donors (Lipinski definition) is 1. The van der Waals surface area contributed by atoms with E-state index in [0.717, 1.165) is 5.56 Å². The zero-order valence-electron chi connectivity index (χ0n) is 13.5. The molecule has 0 unspecified atom stereocenters. The summed E-state index contributed by atoms with van der Waals surface area (Å²) in [5.41, 5.74) is 0.512. The van der Waals surface area contributed by atoms with Gasteiger partial charge in [-0.3, -0.25) is 0 Å². The van der Waals surface area contributed by atoms with Gasteiger partial charge in [0, 0.05) is 29.2 Å². The molecule has 2 aromatic heterocycles. The molecule has 0 aliphatic rings. The molecule has 1 aromatic carbocycles. The lowest BCUT2D eigenvalue weighted by atomic mass is 10.1. The molecule has 0 fully saturated rings. The van der Waals surface area contributed by atoms with Crippen molar-refractivity contribution in [1.29, 1.82) is 0 Å². The van der Waals surface area contributed by atoms with Crippen molar-refractivity contribution in [3.05, 3.63) is 40.4 Å². The van der Waals surface area contributed by atoms with Crippen molar-refractivity contribution in [3.63, 3.8) is 0 Å². The number of benzene rings is 1. The maximum atomic E-state index is 9.99. The molecule has 1 N–H and O–H groups in total. The van der Waals surface area contributed by atoms with Gasteiger partial charge in [0.05, 0.1) is 5.60 Å². The van der Waals surface area contributed by atoms with Gasteiger partial charge in [-0.05, 0) is 44.2 Å². The van der Waals surface area contributed by atoms with Gasteiger partial charge in [-0.25, -0.2) is 0 Å². The summed E-state index contributed by atoms with van der Waals surface area (Å²) in [6.45, 7) is 3.94. The van der Waals surface area contributed by atoms with Crippen molar-refractivity contribution >= 4 is 34.7 Å². The second-order valence-electron chi connectivity index (χ2n) is 6.31. The zero-order valence-corrected chi connectivity index (χ0v) is 15.0. The van der Waals surface area contributed by atoms with Gasteiger partial charge in [0.2, 0.25) is 0 Å². The lowest BCUT2D eigenvalue weighted by molar-refractivity contribution is 0.0884. The van der Waals surface area contributed by atoms with E-state index in [1.807, 2.05) is 24.1 Å². The van der Waals surface area contributed by atoms with Crippen molar-refractivity contribution in [1.82, 2.24) is 19.8 Å². The number of likely N-dealkylation sites (N-methyl/N-ethyl adjacent to an activating group) is 1. The van der Waals surface area contributed by atoms with Crippen LogP contribution >= 0.6 is 23.2 Å². The molecule has 0 aliphatic carbocycles. The molecule has 126 valence electrons. The van der Waals surface area contributed by atoms with Gasteiger partial charge >= 0.3 is 0 Å². The smallest absolute Gasteiger partial charge is 0.185 e. The lowest BCUT2D eigenvalue weighted by Crippen LogP contribution is -2.36. The third kappa shape index (κ3) is 3.61. The first-order valence-corrected chi connectivity index (χ1v) is 8.11. The number of aliphatic hydroxyl groups is 1. The Labute approximate surface area is 149 Å². The van der Waals surface area contributed by atoms with Crippen LogP contribution in [0.1, 0.15) is 13.8 Å². The van der Waals surface area contributed by atoms with Crippen molar-refractivity contribution in [2.24, 2.45) is 0 Å². The van der Waals surface area contributed by atoms with Crippen molar-refractivity contribution in [2.75, 3.05) is 18.5 Å². The summed E-state index contributed by atoms with van der Waals surface area (Å²) in [6, 6.07) is 8.85. The van der Waals surface area contributed by atoms with Crippen LogP contribution in [0, 0.1) is 0 Å². The average Bonchev–Trinajstić information content (AvgIpc) is 2.87. The highest BCUT2D eigenvalue weighted by Crippen LogP contribution is 2.26. The lowest BCUT2D eigenvalue weighted by Gasteiger charge is -2.26. The summed E-state index contributed by atoms with van der Waals surface area (Å²) < 4.78 is 1.64. The highest BCUT2D eigenvalue weighted by molar-refractivity contribution is 6.35. The minimum Gasteiger partial charge on any atom is -0.389 e. The van der Waals surface area contributed by atoms with E-state index in [1.165, 1.54) is 0 Å². The van der Waals surface area contributed by atoms with Crippen molar-refractivity contribution in [2.45, 2.75) is 19.4 Å². The van der Waals surface area contributed by atoms with Crippen molar-refractivity contribution < 1.29 is 5.11 Å². The van der Waals surface area contributed by atoms with E-state index in [1.54, 1.807) is 36.6 Å². The van der Waals surface area contributed by atoms with E-state index >= 15 is 0 Å². The SMILES string of the molecule is CN(CC(C)(C)O)c1ccc2nnc(-c3cc(Cl)cc(Cl)c3)n2n1. The van der Waals surface area contributed by atoms with Crippen LogP contribution in [0.15, 0.2) is 30.3 Å². The molecule has 0 spiro atoms. The van der Waals surface area contributed by atoms with E-state index < -0.39 is 5.60 Å². The largest absolute Gasteiger partial charge is 0.389 e. The molecule has 8 heteroatoms. The fraction of sp³-hybridized carbons (Fsp3) is 0.312. The van der Waals surface area contributed by atoms with E-state index in [0.29, 0.717) is 33.9 Å². The summed E-state index contributed by atoms with van der Waals surface area (Å²) in [5.74, 6) is 1.24. The Hall–Kier alpha value is -1.89. The molecule has 0 bridgehead atoms. The molecule has 0 amide bonds. The van der Waals surface area contributed by atoms with Crippen LogP contribution in [-0.4, -0.2) is 44.1 Å². The Kier molecular flexibility index (Phi) is 4.38. The number of halogens is 2. The molecule has 3 rings (SSSR count). The fourth-order valence-electron chi connectivity index (χ4n) is 2.51. The Morgan fingerprint density at radius 3 is 2.42 bits per heavy atom. The highest BCUT2D eigenvalue weighted by Gasteiger charge is 2.18. The zero-order chi connectivity index (χ0) is 17.5. The maximum absolute atomic E-state index is 9.99. The quantitative estimate of drug-likeness (QED) is 0.768. The average molecular weight is 366 g/mol. The minimum absolute atomic E-state index is 0.436. The van der Waals surface area contributed by atoms with Gasteiger partial charge in [0.25, 0.3) is 0 Å². The van der Waals surface area contributed by atoms with Crippen LogP contribution in [0.4, 0.5) is 5.82 Å². The molecule has 0 atom stereocenters. The Bertz CT molecular complexity index is 868. The predicted octanol–water partition coefficient (Wildman–Crippen LogP) is 3.31. The molecule has 0 radical (unpaired) electrons. The molecule has 0 saturated carbocycles. The first kappa shape index (κ1) is 17.0. The molecule has 2 heterocycles. The summed E-state index contributed by atoms with van der Waals surface area (Å²) in [5, 5.41) is 23.9. The standard InChI is InChI=1S/C16H17Cl2N5O/c1-16(2,24)9-22(3)14-5-4-13-19-20-15(23(13)21-14)10-6-11(17)8-12(18)7-10/h4-8,24H,9H2,1-3H3. The number of anilines is 1. The first-order chi connectivity index (χ1) is 11.2. The third-order valence-corrected chi connectivity index (χ3v) is 3.82. The van der Waals surface area contributed by atoms with Crippen molar-refractivity contribution in [3.8, 4) is 11.4 Å². The molecular weight excluding hydrogens is 349 g/mol. The second-order valence-corrected chi connectivity index (χ2v) is 7.18. The summed E-state index contributed by atoms with van der Waals surface area (Å²) >= 11 is 12.1. The van der Waals surface area contributed by atoms with Crippen LogP contribution in [0.25, 0.3) is 17.0 Å². The normalized spacial score (nSPS) is 11.9. The molecule has 24 heavy (non-hydrogen) atoms. The number of nitrogens with zero attached hydrogens (tertiary/aromatic N) is 5. The summed E-state index contributed by atoms with van der Waals surface area (Å²) in [7, 11) is 1.87. The number of aromatic nitrogens is 4. The maximum Gasteiger partial charge on any atom is 0.185 e. The van der Waals surface area contributed by atoms with Gasteiger partial charge in [-0.2, -0.15) is 4.52 Å². The first-order valence-electron chi connectivity index (χ1n) is 7.35. The van der Waals surface area contributed by atoms with Gasteiger partial charge in [0.15, 0.2) is 11.5 Å².